The molecule has 2 heterocycles. The van der Waals surface area contributed by atoms with E-state index >= 15 is 0 Å². The molecule has 144 valence electrons. The van der Waals surface area contributed by atoms with Crippen LogP contribution in [0.2, 0.25) is 0 Å². The molecule has 2 aromatic heterocycles. The molecule has 0 aliphatic carbocycles. The van der Waals surface area contributed by atoms with E-state index in [1.54, 1.807) is 24.5 Å². The van der Waals surface area contributed by atoms with Gasteiger partial charge in [-0.1, -0.05) is 0 Å². The number of benzene rings is 1. The molecule has 0 aliphatic heterocycles. The number of hydrogen-bond donors (Lipinski definition) is 2. The first-order valence-corrected chi connectivity index (χ1v) is 7.80. The Hall–Kier alpha value is -3.53. The number of rotatable bonds is 5. The molecule has 0 saturated heterocycles. The van der Waals surface area contributed by atoms with Gasteiger partial charge in [-0.3, -0.25) is 20.7 Å². The average molecular weight is 392 g/mol. The van der Waals surface area contributed by atoms with Crippen molar-refractivity contribution in [3.8, 4) is 11.6 Å². The first-order chi connectivity index (χ1) is 13.5. The topological polar surface area (TPSA) is 79.6 Å². The Morgan fingerprint density at radius 1 is 1.04 bits per heavy atom. The van der Waals surface area contributed by atoms with Crippen molar-refractivity contribution < 1.29 is 27.5 Å². The summed E-state index contributed by atoms with van der Waals surface area (Å²) in [6.45, 7) is 0.239. The highest BCUT2D eigenvalue weighted by Crippen LogP contribution is 2.30. The standard InChI is InChI=1S/C18H12F4N4O2/c19-12-7-13(20)16(22)17(15(12)21)28-14-2-1-11(9-24-14)18(26-27)25-8-10-3-5-23-6-4-10/h1-7,9,27H,8H2,(H,25,26). The predicted octanol–water partition coefficient (Wildman–Crippen LogP) is 3.75. The fourth-order valence-corrected chi connectivity index (χ4v) is 2.18. The fourth-order valence-electron chi connectivity index (χ4n) is 2.18. The van der Waals surface area contributed by atoms with Crippen molar-refractivity contribution in [3.05, 3.63) is 83.3 Å². The van der Waals surface area contributed by atoms with E-state index < -0.39 is 29.0 Å². The van der Waals surface area contributed by atoms with Gasteiger partial charge in [-0.05, 0) is 23.8 Å². The third-order valence-electron chi connectivity index (χ3n) is 3.56. The van der Waals surface area contributed by atoms with E-state index in [4.69, 9.17) is 4.74 Å². The number of hydroxylamine groups is 1. The third kappa shape index (κ3) is 4.23. The summed E-state index contributed by atoms with van der Waals surface area (Å²) in [7, 11) is 0. The Morgan fingerprint density at radius 3 is 2.29 bits per heavy atom. The highest BCUT2D eigenvalue weighted by molar-refractivity contribution is 5.97. The van der Waals surface area contributed by atoms with Gasteiger partial charge in [0.15, 0.2) is 17.5 Å². The van der Waals surface area contributed by atoms with Crippen molar-refractivity contribution in [1.82, 2.24) is 15.4 Å². The van der Waals surface area contributed by atoms with Gasteiger partial charge < -0.3 is 4.74 Å². The minimum absolute atomic E-state index is 0.0741. The van der Waals surface area contributed by atoms with E-state index in [0.29, 0.717) is 5.56 Å². The molecule has 0 radical (unpaired) electrons. The molecule has 28 heavy (non-hydrogen) atoms. The van der Waals surface area contributed by atoms with Gasteiger partial charge in [0.25, 0.3) is 0 Å². The van der Waals surface area contributed by atoms with Gasteiger partial charge in [-0.2, -0.15) is 8.78 Å². The summed E-state index contributed by atoms with van der Waals surface area (Å²) in [5, 5.41) is 9.26. The van der Waals surface area contributed by atoms with Crippen molar-refractivity contribution in [3.63, 3.8) is 0 Å². The van der Waals surface area contributed by atoms with Crippen molar-refractivity contribution in [2.45, 2.75) is 6.54 Å². The number of ether oxygens (including phenoxy) is 1. The molecule has 0 atom stereocenters. The largest absolute Gasteiger partial charge is 0.433 e. The summed E-state index contributed by atoms with van der Waals surface area (Å²) in [4.78, 5) is 11.9. The fraction of sp³-hybridized carbons (Fsp3) is 0.0556. The van der Waals surface area contributed by atoms with Crippen LogP contribution < -0.4 is 10.2 Å². The van der Waals surface area contributed by atoms with Crippen LogP contribution in [0.25, 0.3) is 0 Å². The quantitative estimate of drug-likeness (QED) is 0.227. The summed E-state index contributed by atoms with van der Waals surface area (Å²) in [5.41, 5.74) is 3.10. The lowest BCUT2D eigenvalue weighted by Gasteiger charge is -2.09. The lowest BCUT2D eigenvalue weighted by atomic mass is 10.2. The van der Waals surface area contributed by atoms with Crippen LogP contribution in [0, 0.1) is 23.3 Å². The Labute approximate surface area is 156 Å². The highest BCUT2D eigenvalue weighted by Gasteiger charge is 2.21. The molecular formula is C18H12F4N4O2. The Bertz CT molecular complexity index is 972. The van der Waals surface area contributed by atoms with Crippen molar-refractivity contribution in [2.75, 3.05) is 0 Å². The highest BCUT2D eigenvalue weighted by atomic mass is 19.2. The summed E-state index contributed by atoms with van der Waals surface area (Å²) in [5.74, 6) is -8.04. The number of halogens is 4. The van der Waals surface area contributed by atoms with E-state index in [-0.39, 0.29) is 24.3 Å². The van der Waals surface area contributed by atoms with Crippen LogP contribution in [-0.4, -0.2) is 21.0 Å². The monoisotopic (exact) mass is 392 g/mol. The minimum Gasteiger partial charge on any atom is -0.433 e. The number of nitrogens with zero attached hydrogens (tertiary/aromatic N) is 3. The number of aliphatic imine (C=N–C) groups is 1. The molecule has 2 N–H and O–H groups in total. The Balaban J connectivity index is 1.80. The maximum Gasteiger partial charge on any atom is 0.219 e. The van der Waals surface area contributed by atoms with Gasteiger partial charge in [-0.15, -0.1) is 0 Å². The van der Waals surface area contributed by atoms with Crippen LogP contribution in [0.1, 0.15) is 11.1 Å². The molecule has 0 spiro atoms. The Kier molecular flexibility index (Phi) is 5.80. The van der Waals surface area contributed by atoms with Crippen molar-refractivity contribution in [1.29, 1.82) is 0 Å². The van der Waals surface area contributed by atoms with E-state index in [0.717, 1.165) is 5.56 Å². The van der Waals surface area contributed by atoms with Crippen molar-refractivity contribution in [2.24, 2.45) is 4.99 Å². The van der Waals surface area contributed by atoms with E-state index in [1.165, 1.54) is 18.3 Å². The second kappa shape index (κ2) is 8.44. The third-order valence-corrected chi connectivity index (χ3v) is 3.56. The zero-order valence-electron chi connectivity index (χ0n) is 14.0. The summed E-state index contributed by atoms with van der Waals surface area (Å²) in [6.07, 6.45) is 4.38. The second-order valence-corrected chi connectivity index (χ2v) is 5.42. The molecule has 10 heteroatoms. The molecule has 3 rings (SSSR count). The number of aromatic nitrogens is 2. The van der Waals surface area contributed by atoms with Gasteiger partial charge >= 0.3 is 0 Å². The zero-order valence-corrected chi connectivity index (χ0v) is 14.0. The summed E-state index contributed by atoms with van der Waals surface area (Å²) < 4.78 is 58.6. The van der Waals surface area contributed by atoms with E-state index in [2.05, 4.69) is 15.0 Å². The molecule has 3 aromatic rings. The van der Waals surface area contributed by atoms with E-state index in [9.17, 15) is 22.8 Å². The van der Waals surface area contributed by atoms with Gasteiger partial charge in [0.05, 0.1) is 6.54 Å². The number of nitrogens with one attached hydrogen (secondary N) is 1. The van der Waals surface area contributed by atoms with Crippen LogP contribution >= 0.6 is 0 Å². The van der Waals surface area contributed by atoms with Crippen LogP contribution in [0.15, 0.2) is 53.9 Å². The molecule has 0 fully saturated rings. The van der Waals surface area contributed by atoms with Gasteiger partial charge in [0, 0.05) is 36.3 Å². The number of pyridine rings is 2. The van der Waals surface area contributed by atoms with Crippen LogP contribution in [0.5, 0.6) is 11.6 Å². The lowest BCUT2D eigenvalue weighted by Crippen LogP contribution is -2.20. The molecule has 1 aromatic carbocycles. The normalized spacial score (nSPS) is 11.4. The van der Waals surface area contributed by atoms with Gasteiger partial charge in [-0.25, -0.2) is 13.8 Å². The van der Waals surface area contributed by atoms with Crippen molar-refractivity contribution >= 4 is 5.84 Å². The van der Waals surface area contributed by atoms with Crippen LogP contribution in [0.3, 0.4) is 0 Å². The second-order valence-electron chi connectivity index (χ2n) is 5.42. The first-order valence-electron chi connectivity index (χ1n) is 7.80. The maximum atomic E-state index is 13.7. The first kappa shape index (κ1) is 19.2. The SMILES string of the molecule is ONC(=NCc1ccncc1)c1ccc(Oc2c(F)c(F)cc(F)c2F)nc1. The summed E-state index contributed by atoms with van der Waals surface area (Å²) in [6, 6.07) is 6.13. The van der Waals surface area contributed by atoms with Gasteiger partial charge in [0.2, 0.25) is 23.3 Å². The lowest BCUT2D eigenvalue weighted by molar-refractivity contribution is 0.234. The summed E-state index contributed by atoms with van der Waals surface area (Å²) >= 11 is 0. The maximum absolute atomic E-state index is 13.7. The molecule has 6 nitrogen and oxygen atoms in total. The van der Waals surface area contributed by atoms with Gasteiger partial charge in [0.1, 0.15) is 0 Å². The number of hydrogen-bond acceptors (Lipinski definition) is 5. The molecule has 0 unspecified atom stereocenters. The molecule has 0 amide bonds. The number of amidine groups is 1. The average Bonchev–Trinajstić information content (AvgIpc) is 2.72. The Morgan fingerprint density at radius 2 is 1.71 bits per heavy atom. The van der Waals surface area contributed by atoms with Crippen LogP contribution in [0.4, 0.5) is 17.6 Å². The zero-order chi connectivity index (χ0) is 20.1. The molecule has 0 aliphatic rings. The minimum atomic E-state index is -1.68. The molecule has 0 bridgehead atoms. The predicted molar refractivity (Wildman–Crippen MR) is 90.0 cm³/mol. The van der Waals surface area contributed by atoms with E-state index in [1.807, 2.05) is 5.48 Å². The smallest absolute Gasteiger partial charge is 0.219 e. The molecular weight excluding hydrogens is 380 g/mol. The van der Waals surface area contributed by atoms with Crippen LogP contribution in [-0.2, 0) is 6.54 Å². The molecule has 0 saturated carbocycles.